The molecule has 0 saturated carbocycles. The van der Waals surface area contributed by atoms with Crippen molar-refractivity contribution in [2.75, 3.05) is 12.5 Å². The number of methoxy groups -OCH3 is 1. The molecule has 0 aromatic carbocycles. The smallest absolute Gasteiger partial charge is 0.335 e. The van der Waals surface area contributed by atoms with Crippen LogP contribution in [0.25, 0.3) is 0 Å². The van der Waals surface area contributed by atoms with Crippen molar-refractivity contribution in [2.45, 2.75) is 19.4 Å². The zero-order valence-electron chi connectivity index (χ0n) is 7.07. The fourth-order valence-electron chi connectivity index (χ4n) is 0.736. The van der Waals surface area contributed by atoms with E-state index in [1.165, 1.54) is 0 Å². The Bertz CT molecular complexity index is 237. The van der Waals surface area contributed by atoms with Gasteiger partial charge in [-0.3, -0.25) is 5.43 Å². The van der Waals surface area contributed by atoms with Crippen molar-refractivity contribution in [2.24, 2.45) is 5.84 Å². The lowest BCUT2D eigenvalue weighted by Gasteiger charge is -2.03. The Morgan fingerprint density at radius 2 is 2.50 bits per heavy atom. The molecule has 0 amide bonds. The predicted molar refractivity (Wildman–Crippen MR) is 42.3 cm³/mol. The molecule has 68 valence electrons. The van der Waals surface area contributed by atoms with E-state index in [4.69, 9.17) is 15.1 Å². The maximum absolute atomic E-state index is 5.05. The topological polar surface area (TPSA) is 86.2 Å². The van der Waals surface area contributed by atoms with E-state index in [0.717, 1.165) is 0 Å². The highest BCUT2D eigenvalue weighted by molar-refractivity contribution is 5.14. The van der Waals surface area contributed by atoms with Crippen molar-refractivity contribution in [1.82, 2.24) is 10.1 Å². The van der Waals surface area contributed by atoms with Gasteiger partial charge in [0.2, 0.25) is 0 Å². The van der Waals surface area contributed by atoms with Gasteiger partial charge in [0.25, 0.3) is 0 Å². The molecule has 1 rings (SSSR count). The number of nitrogens with one attached hydrogen (secondary N) is 1. The standard InChI is InChI=1S/C6H12N4O2/c1-4(11-2)3-5-8-6(9-7)12-10-5/h4H,3,7H2,1-2H3,(H,8,9,10). The van der Waals surface area contributed by atoms with Crippen LogP contribution in [0.1, 0.15) is 12.7 Å². The van der Waals surface area contributed by atoms with Gasteiger partial charge in [0, 0.05) is 13.5 Å². The van der Waals surface area contributed by atoms with Gasteiger partial charge in [-0.05, 0) is 6.92 Å². The monoisotopic (exact) mass is 172 g/mol. The maximum Gasteiger partial charge on any atom is 0.335 e. The fraction of sp³-hybridized carbons (Fsp3) is 0.667. The van der Waals surface area contributed by atoms with Gasteiger partial charge in [-0.15, -0.1) is 0 Å². The van der Waals surface area contributed by atoms with Gasteiger partial charge in [0.15, 0.2) is 5.82 Å². The molecule has 1 unspecified atom stereocenters. The summed E-state index contributed by atoms with van der Waals surface area (Å²) in [6, 6.07) is 0.216. The van der Waals surface area contributed by atoms with Gasteiger partial charge in [0.05, 0.1) is 6.10 Å². The molecule has 6 nitrogen and oxygen atoms in total. The van der Waals surface area contributed by atoms with E-state index >= 15 is 0 Å². The molecule has 12 heavy (non-hydrogen) atoms. The zero-order valence-corrected chi connectivity index (χ0v) is 7.07. The summed E-state index contributed by atoms with van der Waals surface area (Å²) in [5.74, 6) is 5.63. The van der Waals surface area contributed by atoms with Crippen molar-refractivity contribution < 1.29 is 9.26 Å². The molecule has 1 aromatic heterocycles. The highest BCUT2D eigenvalue weighted by Gasteiger charge is 2.08. The highest BCUT2D eigenvalue weighted by atomic mass is 16.5. The van der Waals surface area contributed by atoms with E-state index < -0.39 is 0 Å². The summed E-state index contributed by atoms with van der Waals surface area (Å²) in [5, 5.41) is 3.67. The average Bonchev–Trinajstić information content (AvgIpc) is 2.52. The van der Waals surface area contributed by atoms with Crippen LogP contribution in [-0.4, -0.2) is 23.4 Å². The Hall–Kier alpha value is -1.14. The van der Waals surface area contributed by atoms with Crippen molar-refractivity contribution in [1.29, 1.82) is 0 Å². The third-order valence-electron chi connectivity index (χ3n) is 1.46. The molecule has 6 heteroatoms. The summed E-state index contributed by atoms with van der Waals surface area (Å²) >= 11 is 0. The molecule has 0 fully saturated rings. The summed E-state index contributed by atoms with van der Waals surface area (Å²) in [6.07, 6.45) is 0.690. The van der Waals surface area contributed by atoms with Crippen LogP contribution in [0.5, 0.6) is 0 Å². The van der Waals surface area contributed by atoms with Crippen LogP contribution >= 0.6 is 0 Å². The number of nitrogen functional groups attached to an aromatic ring is 1. The molecule has 0 spiro atoms. The number of nitrogens with two attached hydrogens (primary N) is 1. The second-order valence-electron chi connectivity index (χ2n) is 2.41. The van der Waals surface area contributed by atoms with E-state index in [-0.39, 0.29) is 12.1 Å². The quantitative estimate of drug-likeness (QED) is 0.488. The third-order valence-corrected chi connectivity index (χ3v) is 1.46. The van der Waals surface area contributed by atoms with Crippen LogP contribution in [0, 0.1) is 0 Å². The summed E-state index contributed by atoms with van der Waals surface area (Å²) in [6.45, 7) is 1.92. The summed E-state index contributed by atoms with van der Waals surface area (Å²) in [4.78, 5) is 3.92. The molecular weight excluding hydrogens is 160 g/mol. The lowest BCUT2D eigenvalue weighted by Crippen LogP contribution is -2.10. The minimum absolute atomic E-state index is 0.0771. The van der Waals surface area contributed by atoms with E-state index in [9.17, 15) is 0 Å². The number of hydrogen-bond donors (Lipinski definition) is 2. The zero-order chi connectivity index (χ0) is 8.97. The van der Waals surface area contributed by atoms with Crippen LogP contribution in [0.4, 0.5) is 6.01 Å². The minimum Gasteiger partial charge on any atom is -0.381 e. The van der Waals surface area contributed by atoms with Gasteiger partial charge >= 0.3 is 6.01 Å². The first-order chi connectivity index (χ1) is 5.76. The number of nitrogens with zero attached hydrogens (tertiary/aromatic N) is 2. The number of anilines is 1. The van der Waals surface area contributed by atoms with Crippen LogP contribution < -0.4 is 11.3 Å². The van der Waals surface area contributed by atoms with Gasteiger partial charge in [-0.1, -0.05) is 5.16 Å². The van der Waals surface area contributed by atoms with Gasteiger partial charge in [-0.2, -0.15) is 4.98 Å². The second kappa shape index (κ2) is 4.03. The number of ether oxygens (including phenoxy) is 1. The number of rotatable bonds is 4. The largest absolute Gasteiger partial charge is 0.381 e. The molecule has 0 aliphatic heterocycles. The minimum atomic E-state index is 0.0771. The molecule has 0 bridgehead atoms. The van der Waals surface area contributed by atoms with Crippen LogP contribution in [0.2, 0.25) is 0 Å². The van der Waals surface area contributed by atoms with Crippen LogP contribution in [-0.2, 0) is 11.2 Å². The molecule has 0 aliphatic rings. The molecule has 0 saturated heterocycles. The lowest BCUT2D eigenvalue weighted by molar-refractivity contribution is 0.116. The maximum atomic E-state index is 5.05. The van der Waals surface area contributed by atoms with Gasteiger partial charge in [-0.25, -0.2) is 5.84 Å². The van der Waals surface area contributed by atoms with Crippen LogP contribution in [0.3, 0.4) is 0 Å². The van der Waals surface area contributed by atoms with Gasteiger partial charge in [0.1, 0.15) is 0 Å². The fourth-order valence-corrected chi connectivity index (χ4v) is 0.736. The van der Waals surface area contributed by atoms with E-state index in [0.29, 0.717) is 12.2 Å². The second-order valence-corrected chi connectivity index (χ2v) is 2.41. The molecular formula is C6H12N4O2. The molecule has 1 atom stereocenters. The van der Waals surface area contributed by atoms with Crippen LogP contribution in [0.15, 0.2) is 4.52 Å². The normalized spacial score (nSPS) is 12.9. The molecule has 1 heterocycles. The number of hydrazine groups is 1. The summed E-state index contributed by atoms with van der Waals surface area (Å²) in [7, 11) is 1.63. The first kappa shape index (κ1) is 8.95. The summed E-state index contributed by atoms with van der Waals surface area (Å²) < 4.78 is 9.73. The van der Waals surface area contributed by atoms with Crippen molar-refractivity contribution in [3.8, 4) is 0 Å². The van der Waals surface area contributed by atoms with Crippen molar-refractivity contribution in [3.63, 3.8) is 0 Å². The SMILES string of the molecule is COC(C)Cc1noc(NN)n1. The van der Waals surface area contributed by atoms with E-state index in [1.807, 2.05) is 6.92 Å². The first-order valence-corrected chi connectivity index (χ1v) is 3.58. The molecule has 1 aromatic rings. The number of hydrogen-bond acceptors (Lipinski definition) is 6. The Kier molecular flexibility index (Phi) is 3.01. The summed E-state index contributed by atoms with van der Waals surface area (Å²) in [5.41, 5.74) is 2.26. The molecule has 0 radical (unpaired) electrons. The Morgan fingerprint density at radius 3 is 3.00 bits per heavy atom. The van der Waals surface area contributed by atoms with E-state index in [1.54, 1.807) is 7.11 Å². The average molecular weight is 172 g/mol. The highest BCUT2D eigenvalue weighted by Crippen LogP contribution is 2.04. The lowest BCUT2D eigenvalue weighted by atomic mass is 10.3. The van der Waals surface area contributed by atoms with Crippen molar-refractivity contribution in [3.05, 3.63) is 5.82 Å². The molecule has 0 aliphatic carbocycles. The molecule has 3 N–H and O–H groups in total. The van der Waals surface area contributed by atoms with Crippen molar-refractivity contribution >= 4 is 6.01 Å². The Morgan fingerprint density at radius 1 is 1.75 bits per heavy atom. The number of aromatic nitrogens is 2. The first-order valence-electron chi connectivity index (χ1n) is 3.58. The Labute approximate surface area is 70.0 Å². The third kappa shape index (κ3) is 2.18. The van der Waals surface area contributed by atoms with E-state index in [2.05, 4.69) is 15.6 Å². The Balaban J connectivity index is 2.52. The predicted octanol–water partition coefficient (Wildman–Crippen LogP) is -0.0674. The van der Waals surface area contributed by atoms with Gasteiger partial charge < -0.3 is 9.26 Å².